The van der Waals surface area contributed by atoms with Gasteiger partial charge in [-0.25, -0.2) is 0 Å². The van der Waals surface area contributed by atoms with E-state index in [2.05, 4.69) is 50.3 Å². The summed E-state index contributed by atoms with van der Waals surface area (Å²) in [6, 6.07) is 0. The number of allylic oxidation sites excluding steroid dienone is 6. The fraction of sp³-hybridized carbons (Fsp3) is 0.833. The molecule has 0 aromatic rings. The lowest BCUT2D eigenvalue weighted by atomic mass is 9.99. The number of hydrogen-bond donors (Lipinski definition) is 4. The lowest BCUT2D eigenvalue weighted by Gasteiger charge is -2.39. The van der Waals surface area contributed by atoms with Crippen LogP contribution in [0.15, 0.2) is 36.5 Å². The molecule has 1 fully saturated rings. The molecule has 9 nitrogen and oxygen atoms in total. The largest absolute Gasteiger partial charge is 0.457 e. The first kappa shape index (κ1) is 47.4. The second-order valence-electron chi connectivity index (χ2n) is 14.1. The van der Waals surface area contributed by atoms with Crippen LogP contribution in [0.4, 0.5) is 0 Å². The molecular formula is C42H76O9. The number of carbonyl (C=O) groups is 1. The highest BCUT2D eigenvalue weighted by atomic mass is 16.7. The summed E-state index contributed by atoms with van der Waals surface area (Å²) in [5, 5.41) is 40.0. The monoisotopic (exact) mass is 725 g/mol. The molecule has 0 aliphatic carbocycles. The van der Waals surface area contributed by atoms with E-state index in [1.807, 2.05) is 0 Å². The van der Waals surface area contributed by atoms with Crippen LogP contribution < -0.4 is 0 Å². The molecule has 6 unspecified atom stereocenters. The van der Waals surface area contributed by atoms with Gasteiger partial charge in [0.25, 0.3) is 0 Å². The Morgan fingerprint density at radius 1 is 0.647 bits per heavy atom. The molecule has 6 atom stereocenters. The molecule has 51 heavy (non-hydrogen) atoms. The van der Waals surface area contributed by atoms with Crippen LogP contribution in [0.3, 0.4) is 0 Å². The van der Waals surface area contributed by atoms with Crippen molar-refractivity contribution in [3.05, 3.63) is 36.5 Å². The lowest BCUT2D eigenvalue weighted by Crippen LogP contribution is -2.59. The van der Waals surface area contributed by atoms with Gasteiger partial charge in [0.15, 0.2) is 6.29 Å². The van der Waals surface area contributed by atoms with Gasteiger partial charge < -0.3 is 39.4 Å². The Kier molecular flexibility index (Phi) is 31.8. The van der Waals surface area contributed by atoms with E-state index in [-0.39, 0.29) is 19.2 Å². The molecular weight excluding hydrogens is 648 g/mol. The van der Waals surface area contributed by atoms with Gasteiger partial charge >= 0.3 is 5.97 Å². The van der Waals surface area contributed by atoms with Gasteiger partial charge in [-0.15, -0.1) is 0 Å². The van der Waals surface area contributed by atoms with Crippen LogP contribution >= 0.6 is 0 Å². The number of aliphatic hydroxyl groups is 4. The summed E-state index contributed by atoms with van der Waals surface area (Å²) >= 11 is 0. The van der Waals surface area contributed by atoms with E-state index in [0.717, 1.165) is 57.8 Å². The molecule has 1 aliphatic rings. The van der Waals surface area contributed by atoms with E-state index >= 15 is 0 Å². The van der Waals surface area contributed by atoms with E-state index < -0.39 is 43.4 Å². The Labute approximate surface area is 310 Å². The van der Waals surface area contributed by atoms with Gasteiger partial charge in [0, 0.05) is 13.0 Å². The van der Waals surface area contributed by atoms with Crippen molar-refractivity contribution < 1.29 is 44.2 Å². The molecule has 0 spiro atoms. The Balaban J connectivity index is 2.27. The SMILES string of the molecule is CC/C=C\C/C=C\C/C=C\CCCCCCCCCCOCC(COC1OC(CO)C(O)C(O)C1O)OC(=O)CCCCCCCCCCCC. The second kappa shape index (κ2) is 34.2. The third kappa shape index (κ3) is 25.9. The van der Waals surface area contributed by atoms with Crippen LogP contribution in [0.1, 0.15) is 162 Å². The minimum atomic E-state index is -1.53. The molecule has 1 heterocycles. The topological polar surface area (TPSA) is 135 Å². The normalized spacial score (nSPS) is 21.7. The summed E-state index contributed by atoms with van der Waals surface area (Å²) in [4.78, 5) is 12.7. The van der Waals surface area contributed by atoms with Gasteiger partial charge in [0.05, 0.1) is 19.8 Å². The van der Waals surface area contributed by atoms with Crippen LogP contribution in [0.2, 0.25) is 0 Å². The average molecular weight is 725 g/mol. The molecule has 1 saturated heterocycles. The van der Waals surface area contributed by atoms with Crippen molar-refractivity contribution in [1.82, 2.24) is 0 Å². The highest BCUT2D eigenvalue weighted by Crippen LogP contribution is 2.22. The van der Waals surface area contributed by atoms with Crippen LogP contribution in [-0.4, -0.2) is 89.6 Å². The van der Waals surface area contributed by atoms with Crippen molar-refractivity contribution in [3.8, 4) is 0 Å². The molecule has 1 aliphatic heterocycles. The van der Waals surface area contributed by atoms with Crippen molar-refractivity contribution in [2.24, 2.45) is 0 Å². The predicted molar refractivity (Wildman–Crippen MR) is 205 cm³/mol. The molecule has 9 heteroatoms. The summed E-state index contributed by atoms with van der Waals surface area (Å²) in [6.45, 7) is 4.41. The number of ether oxygens (including phenoxy) is 4. The van der Waals surface area contributed by atoms with Crippen molar-refractivity contribution in [1.29, 1.82) is 0 Å². The zero-order valence-corrected chi connectivity index (χ0v) is 32.4. The number of hydrogen-bond acceptors (Lipinski definition) is 9. The summed E-state index contributed by atoms with van der Waals surface area (Å²) in [5.74, 6) is -0.320. The zero-order chi connectivity index (χ0) is 37.2. The maximum atomic E-state index is 12.7. The van der Waals surface area contributed by atoms with Gasteiger partial charge in [-0.1, -0.05) is 147 Å². The first-order valence-corrected chi connectivity index (χ1v) is 20.6. The highest BCUT2D eigenvalue weighted by molar-refractivity contribution is 5.69. The third-order valence-electron chi connectivity index (χ3n) is 9.32. The van der Waals surface area contributed by atoms with Gasteiger partial charge in [-0.05, 0) is 44.9 Å². The standard InChI is InChI=1S/C42H76O9/c1-3-5-7-9-11-13-15-16-17-18-19-20-21-22-24-26-28-30-32-48-34-36(35-49-42-41(47)40(46)39(45)37(33-43)51-42)50-38(44)31-29-27-25-23-14-12-10-8-6-4-2/h5,7,11,13,16-17,36-37,39-43,45-47H,3-4,6,8-10,12,14-15,18-35H2,1-2H3/b7-5-,13-11-,17-16-. The zero-order valence-electron chi connectivity index (χ0n) is 32.4. The first-order chi connectivity index (χ1) is 24.9. The number of rotatable bonds is 34. The first-order valence-electron chi connectivity index (χ1n) is 20.6. The molecule has 1 rings (SSSR count). The molecule has 4 N–H and O–H groups in total. The molecule has 0 radical (unpaired) electrons. The summed E-state index contributed by atoms with van der Waals surface area (Å²) in [7, 11) is 0. The Hall–Kier alpha value is -1.59. The summed E-state index contributed by atoms with van der Waals surface area (Å²) in [6.07, 6.45) is 31.7. The number of carbonyl (C=O) groups excluding carboxylic acids is 1. The fourth-order valence-electron chi connectivity index (χ4n) is 6.09. The van der Waals surface area contributed by atoms with Crippen molar-refractivity contribution >= 4 is 5.97 Å². The molecule has 0 amide bonds. The maximum Gasteiger partial charge on any atom is 0.306 e. The second-order valence-corrected chi connectivity index (χ2v) is 14.1. The van der Waals surface area contributed by atoms with E-state index in [9.17, 15) is 25.2 Å². The smallest absolute Gasteiger partial charge is 0.306 e. The number of esters is 1. The maximum absolute atomic E-state index is 12.7. The van der Waals surface area contributed by atoms with Crippen LogP contribution in [0, 0.1) is 0 Å². The van der Waals surface area contributed by atoms with Crippen molar-refractivity contribution in [2.45, 2.75) is 198 Å². The van der Waals surface area contributed by atoms with Gasteiger partial charge in [-0.3, -0.25) is 4.79 Å². The van der Waals surface area contributed by atoms with E-state index in [0.29, 0.717) is 13.0 Å². The molecule has 0 bridgehead atoms. The number of aliphatic hydroxyl groups excluding tert-OH is 4. The minimum Gasteiger partial charge on any atom is -0.457 e. The highest BCUT2D eigenvalue weighted by Gasteiger charge is 2.44. The van der Waals surface area contributed by atoms with Gasteiger partial charge in [-0.2, -0.15) is 0 Å². The van der Waals surface area contributed by atoms with Crippen molar-refractivity contribution in [3.63, 3.8) is 0 Å². The van der Waals surface area contributed by atoms with Gasteiger partial charge in [0.2, 0.25) is 0 Å². The predicted octanol–water partition coefficient (Wildman–Crippen LogP) is 8.41. The third-order valence-corrected chi connectivity index (χ3v) is 9.32. The van der Waals surface area contributed by atoms with E-state index in [1.165, 1.54) is 83.5 Å². The van der Waals surface area contributed by atoms with Crippen LogP contribution in [-0.2, 0) is 23.7 Å². The Morgan fingerprint density at radius 3 is 1.80 bits per heavy atom. The molecule has 0 saturated carbocycles. The molecule has 0 aromatic heterocycles. The molecule has 0 aromatic carbocycles. The Bertz CT molecular complexity index is 874. The Morgan fingerprint density at radius 2 is 1.20 bits per heavy atom. The van der Waals surface area contributed by atoms with E-state index in [4.69, 9.17) is 18.9 Å². The van der Waals surface area contributed by atoms with Crippen molar-refractivity contribution in [2.75, 3.05) is 26.4 Å². The number of unbranched alkanes of at least 4 members (excludes halogenated alkanes) is 17. The summed E-state index contributed by atoms with van der Waals surface area (Å²) in [5.41, 5.74) is 0. The fourth-order valence-corrected chi connectivity index (χ4v) is 6.09. The average Bonchev–Trinajstić information content (AvgIpc) is 3.13. The van der Waals surface area contributed by atoms with E-state index in [1.54, 1.807) is 0 Å². The lowest BCUT2D eigenvalue weighted by molar-refractivity contribution is -0.305. The van der Waals surface area contributed by atoms with Crippen LogP contribution in [0.5, 0.6) is 0 Å². The molecule has 298 valence electrons. The summed E-state index contributed by atoms with van der Waals surface area (Å²) < 4.78 is 22.7. The quantitative estimate of drug-likeness (QED) is 0.0293. The van der Waals surface area contributed by atoms with Gasteiger partial charge in [0.1, 0.15) is 30.5 Å². The minimum absolute atomic E-state index is 0.115. The van der Waals surface area contributed by atoms with Crippen LogP contribution in [0.25, 0.3) is 0 Å².